The fourth-order valence-electron chi connectivity index (χ4n) is 3.40. The van der Waals surface area contributed by atoms with Gasteiger partial charge in [0.15, 0.2) is 5.78 Å². The van der Waals surface area contributed by atoms with Crippen molar-refractivity contribution in [1.29, 1.82) is 0 Å². The molecule has 1 aliphatic rings. The molecule has 1 aliphatic heterocycles. The highest BCUT2D eigenvalue weighted by Crippen LogP contribution is 2.25. The lowest BCUT2D eigenvalue weighted by Crippen LogP contribution is -2.44. The van der Waals surface area contributed by atoms with E-state index in [0.29, 0.717) is 18.5 Å². The highest BCUT2D eigenvalue weighted by molar-refractivity contribution is 6.00. The van der Waals surface area contributed by atoms with E-state index in [4.69, 9.17) is 0 Å². The van der Waals surface area contributed by atoms with Crippen LogP contribution < -0.4 is 0 Å². The van der Waals surface area contributed by atoms with Crippen molar-refractivity contribution in [2.24, 2.45) is 11.8 Å². The van der Waals surface area contributed by atoms with Crippen LogP contribution >= 0.6 is 0 Å². The van der Waals surface area contributed by atoms with E-state index in [1.54, 1.807) is 0 Å². The second-order valence-corrected chi connectivity index (χ2v) is 6.56. The van der Waals surface area contributed by atoms with Gasteiger partial charge in [0.2, 0.25) is 0 Å². The van der Waals surface area contributed by atoms with Gasteiger partial charge in [0, 0.05) is 43.5 Å². The molecule has 2 unspecified atom stereocenters. The summed E-state index contributed by atoms with van der Waals surface area (Å²) >= 11 is 0. The van der Waals surface area contributed by atoms with E-state index < -0.39 is 0 Å². The van der Waals surface area contributed by atoms with Crippen LogP contribution in [0.4, 0.5) is 0 Å². The molecule has 0 radical (unpaired) electrons. The number of carbonyl (C=O) groups excluding carboxylic acids is 2. The molecule has 0 saturated carbocycles. The zero-order valence-corrected chi connectivity index (χ0v) is 14.0. The van der Waals surface area contributed by atoms with Crippen LogP contribution in [0.15, 0.2) is 60.7 Å². The van der Waals surface area contributed by atoms with Crippen molar-refractivity contribution < 1.29 is 9.59 Å². The molecular weight excluding hydrogens is 298 g/mol. The normalized spacial score (nSPS) is 19.9. The summed E-state index contributed by atoms with van der Waals surface area (Å²) in [5.41, 5.74) is 1.94. The van der Waals surface area contributed by atoms with E-state index in [9.17, 15) is 9.59 Å². The molecular formula is C21H23NO2. The zero-order chi connectivity index (χ0) is 16.9. The highest BCUT2D eigenvalue weighted by atomic mass is 16.1. The van der Waals surface area contributed by atoms with Gasteiger partial charge in [-0.3, -0.25) is 14.5 Å². The Balaban J connectivity index is 1.69. The van der Waals surface area contributed by atoms with Gasteiger partial charge in [0.05, 0.1) is 0 Å². The van der Waals surface area contributed by atoms with Gasteiger partial charge < -0.3 is 0 Å². The maximum atomic E-state index is 12.7. The summed E-state index contributed by atoms with van der Waals surface area (Å²) in [5.74, 6) is -0.208. The zero-order valence-electron chi connectivity index (χ0n) is 14.0. The summed E-state index contributed by atoms with van der Waals surface area (Å²) in [6.07, 6.45) is 0.532. The van der Waals surface area contributed by atoms with Gasteiger partial charge in [-0.15, -0.1) is 0 Å². The summed E-state index contributed by atoms with van der Waals surface area (Å²) in [5, 5.41) is 0. The fraction of sp³-hybridized carbons (Fsp3) is 0.333. The monoisotopic (exact) mass is 321 g/mol. The molecule has 1 heterocycles. The van der Waals surface area contributed by atoms with E-state index in [-0.39, 0.29) is 23.4 Å². The minimum absolute atomic E-state index is 0.0653. The number of benzene rings is 2. The summed E-state index contributed by atoms with van der Waals surface area (Å²) in [4.78, 5) is 27.4. The number of rotatable bonds is 5. The highest BCUT2D eigenvalue weighted by Gasteiger charge is 2.34. The van der Waals surface area contributed by atoms with Crippen LogP contribution in [0, 0.1) is 11.8 Å². The molecule has 3 heteroatoms. The molecule has 3 nitrogen and oxygen atoms in total. The third-order valence-corrected chi connectivity index (χ3v) is 4.87. The van der Waals surface area contributed by atoms with E-state index in [0.717, 1.165) is 13.1 Å². The van der Waals surface area contributed by atoms with Crippen LogP contribution in [0.5, 0.6) is 0 Å². The molecule has 0 bridgehead atoms. The van der Waals surface area contributed by atoms with Crippen molar-refractivity contribution in [3.63, 3.8) is 0 Å². The Hall–Kier alpha value is -2.26. The Kier molecular flexibility index (Phi) is 5.21. The molecule has 24 heavy (non-hydrogen) atoms. The van der Waals surface area contributed by atoms with Gasteiger partial charge in [-0.2, -0.15) is 0 Å². The Labute approximate surface area is 143 Å². The first-order valence-electron chi connectivity index (χ1n) is 8.53. The molecule has 1 fully saturated rings. The second-order valence-electron chi connectivity index (χ2n) is 6.56. The molecule has 0 spiro atoms. The summed E-state index contributed by atoms with van der Waals surface area (Å²) in [6, 6.07) is 19.6. The van der Waals surface area contributed by atoms with Crippen LogP contribution in [0.1, 0.15) is 29.3 Å². The molecule has 2 aromatic carbocycles. The first-order chi connectivity index (χ1) is 11.6. The van der Waals surface area contributed by atoms with Crippen LogP contribution in [0.25, 0.3) is 0 Å². The Morgan fingerprint density at radius 2 is 1.71 bits per heavy atom. The van der Waals surface area contributed by atoms with Crippen LogP contribution in [0.2, 0.25) is 0 Å². The van der Waals surface area contributed by atoms with Crippen molar-refractivity contribution in [1.82, 2.24) is 4.90 Å². The van der Waals surface area contributed by atoms with E-state index in [2.05, 4.69) is 17.0 Å². The average Bonchev–Trinajstić information content (AvgIpc) is 2.64. The predicted molar refractivity (Wildman–Crippen MR) is 94.8 cm³/mol. The van der Waals surface area contributed by atoms with Gasteiger partial charge in [0.25, 0.3) is 0 Å². The van der Waals surface area contributed by atoms with Crippen LogP contribution in [-0.4, -0.2) is 29.6 Å². The molecule has 2 atom stereocenters. The lowest BCUT2D eigenvalue weighted by molar-refractivity contribution is -0.127. The third-order valence-electron chi connectivity index (χ3n) is 4.87. The molecule has 3 rings (SSSR count). The molecule has 0 aliphatic carbocycles. The summed E-state index contributed by atoms with van der Waals surface area (Å²) < 4.78 is 0. The number of nitrogens with zero attached hydrogens (tertiary/aromatic N) is 1. The Morgan fingerprint density at radius 3 is 2.38 bits per heavy atom. The molecule has 0 N–H and O–H groups in total. The maximum absolute atomic E-state index is 12.7. The lowest BCUT2D eigenvalue weighted by atomic mass is 9.81. The van der Waals surface area contributed by atoms with Gasteiger partial charge in [0.1, 0.15) is 5.78 Å². The number of piperidine rings is 1. The maximum Gasteiger partial charge on any atom is 0.166 e. The molecule has 1 saturated heterocycles. The van der Waals surface area contributed by atoms with Crippen molar-refractivity contribution in [2.45, 2.75) is 19.9 Å². The Bertz CT molecular complexity index is 696. The first-order valence-corrected chi connectivity index (χ1v) is 8.53. The van der Waals surface area contributed by atoms with Crippen molar-refractivity contribution in [3.05, 3.63) is 71.8 Å². The van der Waals surface area contributed by atoms with E-state index >= 15 is 0 Å². The quantitative estimate of drug-likeness (QED) is 0.790. The molecule has 2 aromatic rings. The van der Waals surface area contributed by atoms with Gasteiger partial charge in [-0.05, 0) is 5.56 Å². The number of hydrogen-bond acceptors (Lipinski definition) is 3. The first kappa shape index (κ1) is 16.6. The lowest BCUT2D eigenvalue weighted by Gasteiger charge is -2.34. The number of hydrogen-bond donors (Lipinski definition) is 0. The number of ketones is 2. The minimum atomic E-state index is -0.279. The topological polar surface area (TPSA) is 37.4 Å². The molecule has 0 amide bonds. The van der Waals surface area contributed by atoms with Crippen molar-refractivity contribution in [2.75, 3.05) is 13.1 Å². The van der Waals surface area contributed by atoms with Crippen molar-refractivity contribution in [3.8, 4) is 0 Å². The smallest absolute Gasteiger partial charge is 0.166 e. The summed E-state index contributed by atoms with van der Waals surface area (Å²) in [7, 11) is 0. The molecule has 0 aromatic heterocycles. The number of likely N-dealkylation sites (tertiary alicyclic amines) is 1. The van der Waals surface area contributed by atoms with Gasteiger partial charge >= 0.3 is 0 Å². The van der Waals surface area contributed by atoms with Crippen LogP contribution in [-0.2, 0) is 11.3 Å². The summed E-state index contributed by atoms with van der Waals surface area (Å²) in [6.45, 7) is 4.16. The standard InChI is InChI=1S/C21H23NO2/c1-16(21(24)18-10-6-3-7-11-18)19-15-22(13-12-20(19)23)14-17-8-4-2-5-9-17/h2-11,16,19H,12-15H2,1H3. The second kappa shape index (κ2) is 7.54. The minimum Gasteiger partial charge on any atom is -0.299 e. The van der Waals surface area contributed by atoms with E-state index in [1.807, 2.05) is 55.5 Å². The largest absolute Gasteiger partial charge is 0.299 e. The Morgan fingerprint density at radius 1 is 1.08 bits per heavy atom. The van der Waals surface area contributed by atoms with E-state index in [1.165, 1.54) is 5.56 Å². The number of Topliss-reactive ketones (excluding diaryl/α,β-unsaturated/α-hetero) is 2. The predicted octanol–water partition coefficient (Wildman–Crippen LogP) is 3.60. The third kappa shape index (κ3) is 3.80. The van der Waals surface area contributed by atoms with Crippen LogP contribution in [0.3, 0.4) is 0 Å². The number of carbonyl (C=O) groups is 2. The van der Waals surface area contributed by atoms with Crippen molar-refractivity contribution >= 4 is 11.6 Å². The average molecular weight is 321 g/mol. The van der Waals surface area contributed by atoms with Gasteiger partial charge in [-0.25, -0.2) is 0 Å². The molecule has 124 valence electrons. The SMILES string of the molecule is CC(C(=O)c1ccccc1)C1CN(Cc2ccccc2)CCC1=O. The fourth-order valence-corrected chi connectivity index (χ4v) is 3.40. The van der Waals surface area contributed by atoms with Gasteiger partial charge in [-0.1, -0.05) is 67.6 Å².